The zero-order valence-electron chi connectivity index (χ0n) is 14.0. The van der Waals surface area contributed by atoms with E-state index in [1.54, 1.807) is 12.1 Å². The number of thiophene rings is 1. The summed E-state index contributed by atoms with van der Waals surface area (Å²) in [5, 5.41) is 9.84. The first-order valence-corrected chi connectivity index (χ1v) is 8.70. The average Bonchev–Trinajstić information content (AvgIpc) is 3.08. The molecule has 2 heterocycles. The van der Waals surface area contributed by atoms with Crippen LogP contribution in [0.3, 0.4) is 0 Å². The first-order chi connectivity index (χ1) is 12.0. The molecule has 3 aromatic rings. The summed E-state index contributed by atoms with van der Waals surface area (Å²) in [4.78, 5) is 21.5. The van der Waals surface area contributed by atoms with E-state index in [0.717, 1.165) is 28.8 Å². The number of phenols is 1. The number of rotatable bonds is 5. The number of hydrogen-bond donors (Lipinski definition) is 1. The molecule has 0 unspecified atom stereocenters. The highest BCUT2D eigenvalue weighted by molar-refractivity contribution is 7.13. The van der Waals surface area contributed by atoms with Crippen molar-refractivity contribution in [1.29, 1.82) is 0 Å². The number of esters is 1. The second-order valence-electron chi connectivity index (χ2n) is 5.78. The maximum absolute atomic E-state index is 12.1. The van der Waals surface area contributed by atoms with E-state index in [1.165, 1.54) is 29.4 Å². The Morgan fingerprint density at radius 1 is 1.16 bits per heavy atom. The summed E-state index contributed by atoms with van der Waals surface area (Å²) in [5.41, 5.74) is 2.94. The molecule has 0 aliphatic rings. The molecule has 0 radical (unpaired) electrons. The van der Waals surface area contributed by atoms with Crippen molar-refractivity contribution in [2.45, 2.75) is 26.7 Å². The average molecular weight is 354 g/mol. The summed E-state index contributed by atoms with van der Waals surface area (Å²) in [7, 11) is 0. The summed E-state index contributed by atoms with van der Waals surface area (Å²) in [6.07, 6.45) is 4.54. The summed E-state index contributed by atoms with van der Waals surface area (Å²) in [5.74, 6) is 0.186. The predicted molar refractivity (Wildman–Crippen MR) is 96.3 cm³/mol. The summed E-state index contributed by atoms with van der Waals surface area (Å²) in [6, 6.07) is 9.26. The molecular formula is C19H18N2O3S. The highest BCUT2D eigenvalue weighted by atomic mass is 32.1. The lowest BCUT2D eigenvalue weighted by Crippen LogP contribution is -2.07. The number of aromatic hydroxyl groups is 1. The Bertz CT molecular complexity index is 868. The van der Waals surface area contributed by atoms with Crippen molar-refractivity contribution in [3.8, 4) is 11.6 Å². The van der Waals surface area contributed by atoms with Crippen LogP contribution in [0, 0.1) is 13.8 Å². The third-order valence-corrected chi connectivity index (χ3v) is 4.95. The molecule has 0 amide bonds. The van der Waals surface area contributed by atoms with E-state index in [9.17, 15) is 9.90 Å². The van der Waals surface area contributed by atoms with Gasteiger partial charge in [-0.1, -0.05) is 12.1 Å². The van der Waals surface area contributed by atoms with Crippen LogP contribution in [0.4, 0.5) is 0 Å². The minimum Gasteiger partial charge on any atom is -0.507 e. The molecule has 0 saturated carbocycles. The Labute approximate surface area is 150 Å². The van der Waals surface area contributed by atoms with Gasteiger partial charge < -0.3 is 9.84 Å². The van der Waals surface area contributed by atoms with Crippen molar-refractivity contribution in [3.63, 3.8) is 0 Å². The molecule has 0 aliphatic carbocycles. The molecule has 1 N–H and O–H groups in total. The Balaban J connectivity index is 1.63. The second-order valence-corrected chi connectivity index (χ2v) is 6.95. The highest BCUT2D eigenvalue weighted by Crippen LogP contribution is 2.25. The number of phenolic OH excluding ortho intramolecular Hbond substituents is 1. The number of carbonyl (C=O) groups excluding carboxylic acids is 1. The van der Waals surface area contributed by atoms with Crippen LogP contribution in [0.25, 0.3) is 0 Å². The Hall–Kier alpha value is -2.73. The molecule has 0 saturated heterocycles. The van der Waals surface area contributed by atoms with Crippen molar-refractivity contribution in [1.82, 2.24) is 9.97 Å². The van der Waals surface area contributed by atoms with Gasteiger partial charge in [-0.15, -0.1) is 11.3 Å². The van der Waals surface area contributed by atoms with Gasteiger partial charge in [-0.2, -0.15) is 0 Å². The number of carbonyl (C=O) groups is 1. The van der Waals surface area contributed by atoms with Crippen LogP contribution in [-0.2, 0) is 12.8 Å². The topological polar surface area (TPSA) is 72.3 Å². The first-order valence-electron chi connectivity index (χ1n) is 7.89. The van der Waals surface area contributed by atoms with Crippen LogP contribution in [-0.4, -0.2) is 21.0 Å². The lowest BCUT2D eigenvalue weighted by atomic mass is 10.0. The van der Waals surface area contributed by atoms with Crippen LogP contribution >= 0.6 is 11.3 Å². The van der Waals surface area contributed by atoms with Crippen molar-refractivity contribution >= 4 is 17.3 Å². The number of aromatic nitrogens is 2. The van der Waals surface area contributed by atoms with Crippen molar-refractivity contribution in [3.05, 3.63) is 69.3 Å². The van der Waals surface area contributed by atoms with E-state index in [2.05, 4.69) is 9.97 Å². The van der Waals surface area contributed by atoms with E-state index in [4.69, 9.17) is 4.74 Å². The summed E-state index contributed by atoms with van der Waals surface area (Å²) >= 11 is 1.42. The Morgan fingerprint density at radius 2 is 1.92 bits per heavy atom. The van der Waals surface area contributed by atoms with Crippen LogP contribution in [0.5, 0.6) is 11.6 Å². The van der Waals surface area contributed by atoms with Crippen molar-refractivity contribution < 1.29 is 14.6 Å². The quantitative estimate of drug-likeness (QED) is 0.704. The van der Waals surface area contributed by atoms with Gasteiger partial charge in [-0.3, -0.25) is 0 Å². The molecule has 1 aromatic carbocycles. The monoisotopic (exact) mass is 354 g/mol. The smallest absolute Gasteiger partial charge is 0.355 e. The number of hydrogen-bond acceptors (Lipinski definition) is 6. The normalized spacial score (nSPS) is 10.6. The fraction of sp³-hybridized carbons (Fsp3) is 0.211. The van der Waals surface area contributed by atoms with Gasteiger partial charge in [0.2, 0.25) is 5.88 Å². The fourth-order valence-corrected chi connectivity index (χ4v) is 3.45. The fourth-order valence-electron chi connectivity index (χ4n) is 2.56. The van der Waals surface area contributed by atoms with Crippen LogP contribution < -0.4 is 4.74 Å². The third kappa shape index (κ3) is 4.22. The molecule has 0 spiro atoms. The maximum Gasteiger partial charge on any atom is 0.355 e. The zero-order valence-corrected chi connectivity index (χ0v) is 14.8. The van der Waals surface area contributed by atoms with Gasteiger partial charge in [0.05, 0.1) is 0 Å². The molecule has 0 fully saturated rings. The van der Waals surface area contributed by atoms with E-state index in [1.807, 2.05) is 32.0 Å². The van der Waals surface area contributed by atoms with E-state index in [-0.39, 0.29) is 5.88 Å². The molecule has 6 heteroatoms. The lowest BCUT2D eigenvalue weighted by Gasteiger charge is -2.07. The zero-order chi connectivity index (χ0) is 17.8. The van der Waals surface area contributed by atoms with Crippen LogP contribution in [0.15, 0.2) is 42.9 Å². The lowest BCUT2D eigenvalue weighted by molar-refractivity contribution is 0.0732. The van der Waals surface area contributed by atoms with E-state index in [0.29, 0.717) is 10.6 Å². The minimum absolute atomic E-state index is 0.241. The van der Waals surface area contributed by atoms with Crippen LogP contribution in [0.2, 0.25) is 0 Å². The molecule has 2 aromatic heterocycles. The molecule has 0 bridgehead atoms. The molecule has 128 valence electrons. The maximum atomic E-state index is 12.1. The number of nitrogens with zero attached hydrogens (tertiary/aromatic N) is 2. The number of aryl methyl sites for hydroxylation is 4. The van der Waals surface area contributed by atoms with Gasteiger partial charge in [0.15, 0.2) is 0 Å². The molecule has 25 heavy (non-hydrogen) atoms. The summed E-state index contributed by atoms with van der Waals surface area (Å²) in [6.45, 7) is 3.80. The van der Waals surface area contributed by atoms with E-state index < -0.39 is 5.97 Å². The Kier molecular flexibility index (Phi) is 5.09. The van der Waals surface area contributed by atoms with Crippen molar-refractivity contribution in [2.24, 2.45) is 0 Å². The second kappa shape index (κ2) is 7.44. The molecule has 5 nitrogen and oxygen atoms in total. The van der Waals surface area contributed by atoms with Gasteiger partial charge in [0.25, 0.3) is 0 Å². The SMILES string of the molecule is Cc1cc(CCc2ccc(C(=O)Oc3ccncn3)s2)cc(C)c1O. The van der Waals surface area contributed by atoms with E-state index >= 15 is 0 Å². The van der Waals surface area contributed by atoms with Gasteiger partial charge in [-0.25, -0.2) is 14.8 Å². The third-order valence-electron chi connectivity index (χ3n) is 3.83. The number of ether oxygens (including phenoxy) is 1. The minimum atomic E-state index is -0.411. The molecule has 3 rings (SSSR count). The van der Waals surface area contributed by atoms with Gasteiger partial charge in [0, 0.05) is 17.1 Å². The molecule has 0 atom stereocenters. The largest absolute Gasteiger partial charge is 0.507 e. The standard InChI is InChI=1S/C19H18N2O3S/c1-12-9-14(10-13(2)18(12)22)3-4-15-5-6-16(25-15)19(23)24-17-7-8-20-11-21-17/h5-11,22H,3-4H2,1-2H3. The highest BCUT2D eigenvalue weighted by Gasteiger charge is 2.13. The van der Waals surface area contributed by atoms with Crippen LogP contribution in [0.1, 0.15) is 31.2 Å². The number of benzene rings is 1. The predicted octanol–water partition coefficient (Wildman–Crippen LogP) is 3.86. The van der Waals surface area contributed by atoms with Gasteiger partial charge >= 0.3 is 5.97 Å². The molecule has 0 aliphatic heterocycles. The molecular weight excluding hydrogens is 336 g/mol. The van der Waals surface area contributed by atoms with Gasteiger partial charge in [0.1, 0.15) is 17.0 Å². The Morgan fingerprint density at radius 3 is 2.60 bits per heavy atom. The van der Waals surface area contributed by atoms with Crippen molar-refractivity contribution in [2.75, 3.05) is 0 Å². The van der Waals surface area contributed by atoms with Gasteiger partial charge in [-0.05, 0) is 55.5 Å². The summed E-state index contributed by atoms with van der Waals surface area (Å²) < 4.78 is 5.21. The first kappa shape index (κ1) is 17.1.